The number of hydrogen-bond donors (Lipinski definition) is 1. The van der Waals surface area contributed by atoms with Crippen LogP contribution in [0.25, 0.3) is 0 Å². The normalized spacial score (nSPS) is 11.4. The Morgan fingerprint density at radius 2 is 2.22 bits per heavy atom. The minimum absolute atomic E-state index is 0.841. The van der Waals surface area contributed by atoms with Crippen molar-refractivity contribution in [3.05, 3.63) is 23.2 Å². The summed E-state index contributed by atoms with van der Waals surface area (Å²) in [7, 11) is 2.14. The second-order valence-electron chi connectivity index (χ2n) is 4.73. The van der Waals surface area contributed by atoms with Gasteiger partial charge in [0.2, 0.25) is 0 Å². The predicted octanol–water partition coefficient (Wildman–Crippen LogP) is 2.88. The summed E-state index contributed by atoms with van der Waals surface area (Å²) in [5.41, 5.74) is 1.26. The third kappa shape index (κ3) is 5.46. The molecule has 1 aromatic heterocycles. The van der Waals surface area contributed by atoms with Crippen LogP contribution in [0.1, 0.15) is 30.4 Å². The molecule has 0 atom stereocenters. The lowest BCUT2D eigenvalue weighted by Gasteiger charge is -2.13. The van der Waals surface area contributed by atoms with Crippen molar-refractivity contribution in [3.8, 4) is 0 Å². The van der Waals surface area contributed by atoms with E-state index in [1.165, 1.54) is 11.3 Å². The van der Waals surface area contributed by atoms with E-state index in [1.807, 2.05) is 11.8 Å². The van der Waals surface area contributed by atoms with Gasteiger partial charge < -0.3 is 9.73 Å². The van der Waals surface area contributed by atoms with Gasteiger partial charge in [-0.05, 0) is 44.8 Å². The van der Waals surface area contributed by atoms with Gasteiger partial charge in [0, 0.05) is 12.3 Å². The average Bonchev–Trinajstić information content (AvgIpc) is 2.67. The smallest absolute Gasteiger partial charge is 0.120 e. The van der Waals surface area contributed by atoms with Crippen LogP contribution in [0.3, 0.4) is 0 Å². The summed E-state index contributed by atoms with van der Waals surface area (Å²) >= 11 is 1.88. The van der Waals surface area contributed by atoms with Gasteiger partial charge in [0.05, 0.1) is 13.1 Å². The Labute approximate surface area is 115 Å². The highest BCUT2D eigenvalue weighted by molar-refractivity contribution is 7.98. The maximum Gasteiger partial charge on any atom is 0.120 e. The van der Waals surface area contributed by atoms with Crippen LogP contribution >= 0.6 is 11.8 Å². The molecule has 1 N–H and O–H groups in total. The fourth-order valence-corrected chi connectivity index (χ4v) is 2.31. The van der Waals surface area contributed by atoms with Crippen LogP contribution < -0.4 is 5.32 Å². The van der Waals surface area contributed by atoms with Gasteiger partial charge in [-0.3, -0.25) is 4.90 Å². The Hall–Kier alpha value is -0.450. The van der Waals surface area contributed by atoms with Crippen molar-refractivity contribution in [1.82, 2.24) is 10.2 Å². The van der Waals surface area contributed by atoms with E-state index in [-0.39, 0.29) is 0 Å². The molecule has 3 nitrogen and oxygen atoms in total. The Bertz CT molecular complexity index is 339. The standard InChI is InChI=1S/C14H26N2OS/c1-5-6-15-10-14-12(2)9-13(17-14)11-16(3)7-8-18-4/h9,15H,5-8,10-11H2,1-4H3. The minimum atomic E-state index is 0.841. The zero-order chi connectivity index (χ0) is 13.4. The fourth-order valence-electron chi connectivity index (χ4n) is 1.81. The van der Waals surface area contributed by atoms with E-state index in [9.17, 15) is 0 Å². The van der Waals surface area contributed by atoms with Crippen molar-refractivity contribution in [3.63, 3.8) is 0 Å². The molecule has 0 aliphatic carbocycles. The van der Waals surface area contributed by atoms with Crippen LogP contribution in [-0.4, -0.2) is 37.0 Å². The molecular weight excluding hydrogens is 244 g/mol. The molecular formula is C14H26N2OS. The second-order valence-corrected chi connectivity index (χ2v) is 5.71. The van der Waals surface area contributed by atoms with E-state index in [0.717, 1.165) is 44.1 Å². The third-order valence-electron chi connectivity index (χ3n) is 2.89. The highest BCUT2D eigenvalue weighted by atomic mass is 32.2. The van der Waals surface area contributed by atoms with Crippen molar-refractivity contribution in [1.29, 1.82) is 0 Å². The van der Waals surface area contributed by atoms with Crippen molar-refractivity contribution >= 4 is 11.8 Å². The molecule has 0 aliphatic heterocycles. The van der Waals surface area contributed by atoms with Gasteiger partial charge in [0.25, 0.3) is 0 Å². The lowest BCUT2D eigenvalue weighted by atomic mass is 10.2. The quantitative estimate of drug-likeness (QED) is 0.699. The van der Waals surface area contributed by atoms with Gasteiger partial charge in [0.15, 0.2) is 0 Å². The molecule has 18 heavy (non-hydrogen) atoms. The van der Waals surface area contributed by atoms with Crippen molar-refractivity contribution < 1.29 is 4.42 Å². The maximum atomic E-state index is 5.90. The largest absolute Gasteiger partial charge is 0.463 e. The molecule has 1 aromatic rings. The van der Waals surface area contributed by atoms with Gasteiger partial charge in [0.1, 0.15) is 11.5 Å². The van der Waals surface area contributed by atoms with Gasteiger partial charge in [-0.25, -0.2) is 0 Å². The number of furan rings is 1. The number of aryl methyl sites for hydroxylation is 1. The number of hydrogen-bond acceptors (Lipinski definition) is 4. The lowest BCUT2D eigenvalue weighted by Crippen LogP contribution is -2.20. The van der Waals surface area contributed by atoms with Crippen LogP contribution in [-0.2, 0) is 13.1 Å². The second kappa shape index (κ2) is 8.62. The van der Waals surface area contributed by atoms with E-state index in [0.29, 0.717) is 0 Å². The monoisotopic (exact) mass is 270 g/mol. The Kier molecular flexibility index (Phi) is 7.47. The van der Waals surface area contributed by atoms with E-state index in [4.69, 9.17) is 4.42 Å². The number of rotatable bonds is 9. The third-order valence-corrected chi connectivity index (χ3v) is 3.48. The maximum absolute atomic E-state index is 5.90. The SMILES string of the molecule is CCCNCc1oc(CN(C)CCSC)cc1C. The van der Waals surface area contributed by atoms with E-state index >= 15 is 0 Å². The molecule has 0 spiro atoms. The first kappa shape index (κ1) is 15.6. The molecule has 4 heteroatoms. The van der Waals surface area contributed by atoms with Crippen LogP contribution in [0, 0.1) is 6.92 Å². The van der Waals surface area contributed by atoms with E-state index in [1.54, 1.807) is 0 Å². The first-order valence-electron chi connectivity index (χ1n) is 6.63. The highest BCUT2D eigenvalue weighted by Crippen LogP contribution is 2.16. The number of nitrogens with one attached hydrogen (secondary N) is 1. The first-order chi connectivity index (χ1) is 8.67. The van der Waals surface area contributed by atoms with E-state index < -0.39 is 0 Å². The average molecular weight is 270 g/mol. The van der Waals surface area contributed by atoms with E-state index in [2.05, 4.69) is 43.4 Å². The molecule has 0 saturated carbocycles. The molecule has 0 unspecified atom stereocenters. The molecule has 0 amide bonds. The lowest BCUT2D eigenvalue weighted by molar-refractivity contribution is 0.304. The highest BCUT2D eigenvalue weighted by Gasteiger charge is 2.09. The van der Waals surface area contributed by atoms with Gasteiger partial charge in [-0.1, -0.05) is 6.92 Å². The molecule has 0 bridgehead atoms. The summed E-state index contributed by atoms with van der Waals surface area (Å²) in [6.45, 7) is 8.18. The summed E-state index contributed by atoms with van der Waals surface area (Å²) in [5, 5.41) is 3.38. The zero-order valence-corrected chi connectivity index (χ0v) is 12.9. The molecule has 104 valence electrons. The summed E-state index contributed by atoms with van der Waals surface area (Å²) in [5.74, 6) is 3.32. The molecule has 0 fully saturated rings. The molecule has 1 rings (SSSR count). The number of thioether (sulfide) groups is 1. The Morgan fingerprint density at radius 3 is 2.89 bits per heavy atom. The summed E-state index contributed by atoms with van der Waals surface area (Å²) in [6, 6.07) is 2.17. The molecule has 0 aliphatic rings. The van der Waals surface area contributed by atoms with Crippen LogP contribution in [0.4, 0.5) is 0 Å². The molecule has 0 radical (unpaired) electrons. The summed E-state index contributed by atoms with van der Waals surface area (Å²) in [4.78, 5) is 2.30. The van der Waals surface area contributed by atoms with Crippen molar-refractivity contribution in [2.75, 3.05) is 32.1 Å². The zero-order valence-electron chi connectivity index (χ0n) is 12.1. The molecule has 0 aromatic carbocycles. The molecule has 1 heterocycles. The minimum Gasteiger partial charge on any atom is -0.463 e. The summed E-state index contributed by atoms with van der Waals surface area (Å²) in [6.07, 6.45) is 3.30. The van der Waals surface area contributed by atoms with Gasteiger partial charge >= 0.3 is 0 Å². The molecule has 0 saturated heterocycles. The number of nitrogens with zero attached hydrogens (tertiary/aromatic N) is 1. The van der Waals surface area contributed by atoms with Crippen molar-refractivity contribution in [2.24, 2.45) is 0 Å². The first-order valence-corrected chi connectivity index (χ1v) is 8.03. The topological polar surface area (TPSA) is 28.4 Å². The van der Waals surface area contributed by atoms with Gasteiger partial charge in [-0.15, -0.1) is 0 Å². The van der Waals surface area contributed by atoms with Crippen LogP contribution in [0.5, 0.6) is 0 Å². The van der Waals surface area contributed by atoms with Crippen molar-refractivity contribution in [2.45, 2.75) is 33.4 Å². The Morgan fingerprint density at radius 1 is 1.44 bits per heavy atom. The summed E-state index contributed by atoms with van der Waals surface area (Å²) < 4.78 is 5.90. The van der Waals surface area contributed by atoms with Gasteiger partial charge in [-0.2, -0.15) is 11.8 Å². The fraction of sp³-hybridized carbons (Fsp3) is 0.714. The van der Waals surface area contributed by atoms with Crippen LogP contribution in [0.2, 0.25) is 0 Å². The predicted molar refractivity (Wildman–Crippen MR) is 80.2 cm³/mol. The van der Waals surface area contributed by atoms with Crippen LogP contribution in [0.15, 0.2) is 10.5 Å². The Balaban J connectivity index is 2.44.